The topological polar surface area (TPSA) is 78.3 Å². The predicted octanol–water partition coefficient (Wildman–Crippen LogP) is 4.89. The Bertz CT molecular complexity index is 1210. The maximum Gasteiger partial charge on any atom is 0.234 e. The van der Waals surface area contributed by atoms with Crippen LogP contribution in [0.1, 0.15) is 11.4 Å². The van der Waals surface area contributed by atoms with E-state index < -0.39 is 0 Å². The number of ether oxygens (including phenoxy) is 2. The fourth-order valence-electron chi connectivity index (χ4n) is 3.17. The Morgan fingerprint density at radius 1 is 0.939 bits per heavy atom. The van der Waals surface area contributed by atoms with E-state index in [-0.39, 0.29) is 18.3 Å². The van der Waals surface area contributed by atoms with Crippen LogP contribution in [0.4, 0.5) is 5.69 Å². The number of hydrogen-bond acceptors (Lipinski definition) is 6. The summed E-state index contributed by atoms with van der Waals surface area (Å²) in [5.74, 6) is 1.97. The third kappa shape index (κ3) is 5.72. The van der Waals surface area contributed by atoms with Crippen molar-refractivity contribution < 1.29 is 14.3 Å². The zero-order valence-electron chi connectivity index (χ0n) is 18.4. The molecule has 0 aliphatic rings. The minimum atomic E-state index is -0.113. The number of benzene rings is 3. The number of nitrogens with zero attached hydrogens (tertiary/aromatic N) is 3. The lowest BCUT2D eigenvalue weighted by molar-refractivity contribution is -0.113. The van der Waals surface area contributed by atoms with Crippen molar-refractivity contribution in [1.82, 2.24) is 14.8 Å². The maximum atomic E-state index is 12.5. The molecule has 0 atom stereocenters. The Balaban J connectivity index is 1.50. The molecule has 8 heteroatoms. The number of hydrogen-bond donors (Lipinski definition) is 1. The van der Waals surface area contributed by atoms with Crippen LogP contribution in [-0.2, 0) is 11.4 Å². The molecule has 1 aromatic heterocycles. The summed E-state index contributed by atoms with van der Waals surface area (Å²) in [7, 11) is 1.60. The standard InChI is InChI=1S/C25H24N4O3S/c1-18-12-14-19(15-13-18)26-24(30)17-33-25-28-27-23(29(25)20-8-4-3-5-9-20)16-32-22-11-7-6-10-21(22)31-2/h3-15H,16-17H2,1-2H3,(H,26,30). The molecule has 0 saturated carbocycles. The quantitative estimate of drug-likeness (QED) is 0.358. The van der Waals surface area contributed by atoms with Crippen LogP contribution in [0.25, 0.3) is 5.69 Å². The molecular weight excluding hydrogens is 436 g/mol. The van der Waals surface area contributed by atoms with Crippen molar-refractivity contribution in [3.63, 3.8) is 0 Å². The van der Waals surface area contributed by atoms with Crippen LogP contribution in [0.2, 0.25) is 0 Å². The summed E-state index contributed by atoms with van der Waals surface area (Å²) in [6.45, 7) is 2.20. The van der Waals surface area contributed by atoms with Gasteiger partial charge in [0.2, 0.25) is 5.91 Å². The van der Waals surface area contributed by atoms with Gasteiger partial charge in [0.15, 0.2) is 22.5 Å². The van der Waals surface area contributed by atoms with E-state index in [1.165, 1.54) is 11.8 Å². The molecule has 7 nitrogen and oxygen atoms in total. The van der Waals surface area contributed by atoms with Gasteiger partial charge in [-0.15, -0.1) is 10.2 Å². The average molecular weight is 461 g/mol. The number of para-hydroxylation sites is 3. The summed E-state index contributed by atoms with van der Waals surface area (Å²) in [5, 5.41) is 12.2. The average Bonchev–Trinajstić information content (AvgIpc) is 3.26. The van der Waals surface area contributed by atoms with Crippen molar-refractivity contribution in [3.05, 3.63) is 90.3 Å². The molecule has 4 aromatic rings. The van der Waals surface area contributed by atoms with Gasteiger partial charge in [0, 0.05) is 11.4 Å². The molecule has 1 N–H and O–H groups in total. The summed E-state index contributed by atoms with van der Waals surface area (Å²) in [4.78, 5) is 12.5. The Morgan fingerprint density at radius 2 is 1.64 bits per heavy atom. The Labute approximate surface area is 196 Å². The van der Waals surface area contributed by atoms with E-state index in [1.54, 1.807) is 7.11 Å². The van der Waals surface area contributed by atoms with Crippen LogP contribution in [0.15, 0.2) is 84.0 Å². The number of anilines is 1. The molecule has 0 saturated heterocycles. The van der Waals surface area contributed by atoms with Crippen LogP contribution < -0.4 is 14.8 Å². The minimum Gasteiger partial charge on any atom is -0.493 e. The van der Waals surface area contributed by atoms with E-state index in [1.807, 2.05) is 90.4 Å². The van der Waals surface area contributed by atoms with Crippen molar-refractivity contribution in [1.29, 1.82) is 0 Å². The van der Waals surface area contributed by atoms with Crippen molar-refractivity contribution in [2.24, 2.45) is 0 Å². The van der Waals surface area contributed by atoms with E-state index >= 15 is 0 Å². The van der Waals surface area contributed by atoms with Crippen LogP contribution in [0.5, 0.6) is 11.5 Å². The van der Waals surface area contributed by atoms with E-state index in [0.29, 0.717) is 22.5 Å². The van der Waals surface area contributed by atoms with Crippen molar-refractivity contribution in [3.8, 4) is 17.2 Å². The molecule has 4 rings (SSSR count). The van der Waals surface area contributed by atoms with Crippen molar-refractivity contribution in [2.75, 3.05) is 18.2 Å². The Morgan fingerprint density at radius 3 is 2.36 bits per heavy atom. The fourth-order valence-corrected chi connectivity index (χ4v) is 3.94. The molecule has 1 amide bonds. The van der Waals surface area contributed by atoms with E-state index in [0.717, 1.165) is 16.9 Å². The molecule has 0 aliphatic carbocycles. The van der Waals surface area contributed by atoms with E-state index in [4.69, 9.17) is 9.47 Å². The van der Waals surface area contributed by atoms with Crippen LogP contribution in [0, 0.1) is 6.92 Å². The van der Waals surface area contributed by atoms with Gasteiger partial charge in [0.1, 0.15) is 6.61 Å². The molecule has 0 aliphatic heterocycles. The Kier molecular flexibility index (Phi) is 7.26. The highest BCUT2D eigenvalue weighted by atomic mass is 32.2. The first-order valence-corrected chi connectivity index (χ1v) is 11.4. The molecule has 0 spiro atoms. The normalized spacial score (nSPS) is 10.6. The second kappa shape index (κ2) is 10.7. The first-order valence-electron chi connectivity index (χ1n) is 10.4. The highest BCUT2D eigenvalue weighted by Gasteiger charge is 2.17. The van der Waals surface area contributed by atoms with Crippen molar-refractivity contribution >= 4 is 23.4 Å². The highest BCUT2D eigenvalue weighted by molar-refractivity contribution is 7.99. The van der Waals surface area contributed by atoms with Gasteiger partial charge in [-0.3, -0.25) is 9.36 Å². The number of carbonyl (C=O) groups is 1. The van der Waals surface area contributed by atoms with Gasteiger partial charge in [0.05, 0.1) is 12.9 Å². The van der Waals surface area contributed by atoms with Gasteiger partial charge < -0.3 is 14.8 Å². The monoisotopic (exact) mass is 460 g/mol. The first-order chi connectivity index (χ1) is 16.1. The predicted molar refractivity (Wildman–Crippen MR) is 129 cm³/mol. The number of methoxy groups -OCH3 is 1. The second-order valence-electron chi connectivity index (χ2n) is 7.21. The lowest BCUT2D eigenvalue weighted by atomic mass is 10.2. The molecule has 0 fully saturated rings. The van der Waals surface area contributed by atoms with Gasteiger partial charge in [-0.05, 0) is 43.3 Å². The highest BCUT2D eigenvalue weighted by Crippen LogP contribution is 2.28. The summed E-state index contributed by atoms with van der Waals surface area (Å²) < 4.78 is 13.2. The largest absolute Gasteiger partial charge is 0.493 e. The molecule has 0 unspecified atom stereocenters. The summed E-state index contributed by atoms with van der Waals surface area (Å²) in [6, 6.07) is 24.9. The lowest BCUT2D eigenvalue weighted by Gasteiger charge is -2.12. The third-order valence-electron chi connectivity index (χ3n) is 4.81. The number of amides is 1. The second-order valence-corrected chi connectivity index (χ2v) is 8.15. The summed E-state index contributed by atoms with van der Waals surface area (Å²) in [6.07, 6.45) is 0. The van der Waals surface area contributed by atoms with Crippen LogP contribution >= 0.6 is 11.8 Å². The molecule has 0 bridgehead atoms. The summed E-state index contributed by atoms with van der Waals surface area (Å²) >= 11 is 1.32. The summed E-state index contributed by atoms with van der Waals surface area (Å²) in [5.41, 5.74) is 2.80. The van der Waals surface area contributed by atoms with E-state index in [2.05, 4.69) is 15.5 Å². The maximum absolute atomic E-state index is 12.5. The molecule has 0 radical (unpaired) electrons. The zero-order valence-corrected chi connectivity index (χ0v) is 19.2. The first kappa shape index (κ1) is 22.4. The number of nitrogens with one attached hydrogen (secondary N) is 1. The Hall–Kier alpha value is -3.78. The lowest BCUT2D eigenvalue weighted by Crippen LogP contribution is -2.14. The van der Waals surface area contributed by atoms with E-state index in [9.17, 15) is 4.79 Å². The fraction of sp³-hybridized carbons (Fsp3) is 0.160. The number of aryl methyl sites for hydroxylation is 1. The third-order valence-corrected chi connectivity index (χ3v) is 5.74. The SMILES string of the molecule is COc1ccccc1OCc1nnc(SCC(=O)Nc2ccc(C)cc2)n1-c1ccccc1. The zero-order chi connectivity index (χ0) is 23.0. The van der Waals surface area contributed by atoms with Crippen LogP contribution in [0.3, 0.4) is 0 Å². The molecule has 168 valence electrons. The van der Waals surface area contributed by atoms with Gasteiger partial charge in [-0.25, -0.2) is 0 Å². The van der Waals surface area contributed by atoms with Gasteiger partial charge in [-0.2, -0.15) is 0 Å². The molecule has 1 heterocycles. The van der Waals surface area contributed by atoms with Gasteiger partial charge in [0.25, 0.3) is 0 Å². The number of carbonyl (C=O) groups excluding carboxylic acids is 1. The number of aromatic nitrogens is 3. The van der Waals surface area contributed by atoms with Gasteiger partial charge in [-0.1, -0.05) is 59.8 Å². The molecular formula is C25H24N4O3S. The smallest absolute Gasteiger partial charge is 0.234 e. The minimum absolute atomic E-state index is 0.113. The number of thioether (sulfide) groups is 1. The van der Waals surface area contributed by atoms with Gasteiger partial charge >= 0.3 is 0 Å². The van der Waals surface area contributed by atoms with Crippen molar-refractivity contribution in [2.45, 2.75) is 18.7 Å². The van der Waals surface area contributed by atoms with Crippen LogP contribution in [-0.4, -0.2) is 33.5 Å². The molecule has 33 heavy (non-hydrogen) atoms. The number of rotatable bonds is 9. The molecule has 3 aromatic carbocycles.